The molecule has 3 aliphatic rings. The minimum absolute atomic E-state index is 0.0911. The minimum atomic E-state index is -2.97. The molecule has 3 saturated carbocycles. The fourth-order valence-electron chi connectivity index (χ4n) is 8.40. The molecule has 0 atom stereocenters. The van der Waals surface area contributed by atoms with Crippen LogP contribution in [0.25, 0.3) is 0 Å². The van der Waals surface area contributed by atoms with Gasteiger partial charge in [0, 0.05) is 12.0 Å². The quantitative estimate of drug-likeness (QED) is 0.174. The number of carbonyl (C=O) groups is 1. The first-order valence-corrected chi connectivity index (χ1v) is 16.6. The van der Waals surface area contributed by atoms with Gasteiger partial charge in [-0.2, -0.15) is 0 Å². The Labute approximate surface area is 241 Å². The third kappa shape index (κ3) is 8.48. The Bertz CT molecular complexity index is 932. The van der Waals surface area contributed by atoms with E-state index in [0.717, 1.165) is 62.2 Å². The van der Waals surface area contributed by atoms with E-state index in [9.17, 15) is 13.6 Å². The Morgan fingerprint density at radius 1 is 0.825 bits per heavy atom. The summed E-state index contributed by atoms with van der Waals surface area (Å²) in [4.78, 5) is 13.0. The Balaban J connectivity index is 1.26. The van der Waals surface area contributed by atoms with E-state index in [2.05, 4.69) is 13.5 Å². The number of hydrogen-bond donors (Lipinski definition) is 0. The molecule has 4 rings (SSSR count). The summed E-state index contributed by atoms with van der Waals surface area (Å²) in [6.07, 6.45) is 20.0. The van der Waals surface area contributed by atoms with E-state index >= 15 is 4.39 Å². The van der Waals surface area contributed by atoms with Crippen LogP contribution in [-0.2, 0) is 6.42 Å². The van der Waals surface area contributed by atoms with Crippen molar-refractivity contribution in [3.8, 4) is 0 Å². The van der Waals surface area contributed by atoms with Crippen LogP contribution >= 0.6 is 0 Å². The van der Waals surface area contributed by atoms with E-state index in [0.29, 0.717) is 17.9 Å². The Kier molecular flexibility index (Phi) is 12.2. The molecule has 0 heterocycles. The maximum atomic E-state index is 15.4. The van der Waals surface area contributed by atoms with Gasteiger partial charge in [-0.3, -0.25) is 4.79 Å². The van der Waals surface area contributed by atoms with Gasteiger partial charge in [-0.25, -0.2) is 13.2 Å². The van der Waals surface area contributed by atoms with E-state index in [4.69, 9.17) is 0 Å². The summed E-state index contributed by atoms with van der Waals surface area (Å²) < 4.78 is 43.5. The zero-order valence-corrected chi connectivity index (χ0v) is 25.0. The lowest BCUT2D eigenvalue weighted by molar-refractivity contribution is 0.0925. The van der Waals surface area contributed by atoms with Gasteiger partial charge >= 0.3 is 0 Å². The first kappa shape index (κ1) is 31.4. The summed E-state index contributed by atoms with van der Waals surface area (Å²) in [5.74, 6) is 2.92. The molecule has 3 aliphatic carbocycles. The number of alkyl halides is 2. The van der Waals surface area contributed by atoms with E-state index in [1.165, 1.54) is 76.7 Å². The van der Waals surface area contributed by atoms with Crippen LogP contribution < -0.4 is 0 Å². The first-order valence-electron chi connectivity index (χ1n) is 16.6. The Morgan fingerprint density at radius 2 is 1.35 bits per heavy atom. The van der Waals surface area contributed by atoms with Crippen molar-refractivity contribution < 1.29 is 18.0 Å². The molecule has 1 nitrogen and oxygen atoms in total. The normalized spacial score (nSPS) is 29.4. The van der Waals surface area contributed by atoms with E-state index in [1.54, 1.807) is 6.07 Å². The van der Waals surface area contributed by atoms with Crippen LogP contribution in [0.3, 0.4) is 0 Å². The second-order valence-corrected chi connectivity index (χ2v) is 13.6. The number of carbonyl (C=O) groups excluding carboxylic acids is 1. The van der Waals surface area contributed by atoms with Crippen LogP contribution in [0.15, 0.2) is 24.8 Å². The summed E-state index contributed by atoms with van der Waals surface area (Å²) in [6.45, 7) is 6.06. The maximum Gasteiger partial charge on any atom is 0.267 e. The van der Waals surface area contributed by atoms with Crippen molar-refractivity contribution in [1.29, 1.82) is 0 Å². The van der Waals surface area contributed by atoms with E-state index in [-0.39, 0.29) is 23.7 Å². The molecule has 0 aromatic heterocycles. The minimum Gasteiger partial charge on any atom is -0.294 e. The van der Waals surface area contributed by atoms with Gasteiger partial charge in [-0.15, -0.1) is 6.58 Å². The largest absolute Gasteiger partial charge is 0.294 e. The van der Waals surface area contributed by atoms with Crippen molar-refractivity contribution in [3.63, 3.8) is 0 Å². The lowest BCUT2D eigenvalue weighted by Gasteiger charge is -2.38. The highest BCUT2D eigenvalue weighted by Gasteiger charge is 2.32. The topological polar surface area (TPSA) is 17.1 Å². The maximum absolute atomic E-state index is 15.4. The standard InChI is InChI=1S/C36H53F3O/c1-3-5-7-26-12-17-29(18-13-26)30-19-14-27(15-20-30)16-21-31-22-23-32(34(35(31)37)36(38)39)33(40)24-28-10-8-25(6-4-2)9-11-28/h3,22-23,25-30,36H,1,4-21,24H2,2H3. The molecule has 0 saturated heterocycles. The van der Waals surface area contributed by atoms with Gasteiger partial charge in [-0.1, -0.05) is 76.5 Å². The van der Waals surface area contributed by atoms with Crippen LogP contribution in [0.4, 0.5) is 13.2 Å². The van der Waals surface area contributed by atoms with Crippen molar-refractivity contribution in [2.24, 2.45) is 35.5 Å². The SMILES string of the molecule is C=CCCC1CCC(C2CCC(CCc3ccc(C(=O)CC4CCC(CCC)CC4)c(C(F)F)c3F)CC2)CC1. The predicted octanol–water partition coefficient (Wildman–Crippen LogP) is 11.5. The number of benzene rings is 1. The van der Waals surface area contributed by atoms with Gasteiger partial charge in [0.05, 0.1) is 5.56 Å². The third-order valence-electron chi connectivity index (χ3n) is 11.0. The number of Topliss-reactive ketones (excluding diaryl/α,β-unsaturated/α-hetero) is 1. The van der Waals surface area contributed by atoms with Crippen LogP contribution in [0.2, 0.25) is 0 Å². The van der Waals surface area contributed by atoms with Crippen molar-refractivity contribution in [3.05, 3.63) is 47.3 Å². The van der Waals surface area contributed by atoms with Crippen LogP contribution in [0.5, 0.6) is 0 Å². The average molecular weight is 559 g/mol. The molecule has 40 heavy (non-hydrogen) atoms. The monoisotopic (exact) mass is 558 g/mol. The molecular formula is C36H53F3O. The van der Waals surface area contributed by atoms with E-state index in [1.807, 2.05) is 6.08 Å². The molecule has 3 fully saturated rings. The lowest BCUT2D eigenvalue weighted by atomic mass is 9.68. The van der Waals surface area contributed by atoms with Crippen LogP contribution in [-0.4, -0.2) is 5.78 Å². The molecule has 0 unspecified atom stereocenters. The number of aryl methyl sites for hydroxylation is 1. The summed E-state index contributed by atoms with van der Waals surface area (Å²) in [7, 11) is 0. The number of ketones is 1. The molecule has 1 aromatic rings. The van der Waals surface area contributed by atoms with E-state index < -0.39 is 17.8 Å². The highest BCUT2D eigenvalue weighted by Crippen LogP contribution is 2.43. The Hall–Kier alpha value is -1.58. The molecule has 0 bridgehead atoms. The fourth-order valence-corrected chi connectivity index (χ4v) is 8.40. The average Bonchev–Trinajstić information content (AvgIpc) is 2.97. The number of rotatable bonds is 13. The fraction of sp³-hybridized carbons (Fsp3) is 0.750. The zero-order chi connectivity index (χ0) is 28.5. The molecule has 4 heteroatoms. The van der Waals surface area contributed by atoms with Gasteiger partial charge in [-0.05, 0) is 105 Å². The van der Waals surface area contributed by atoms with Crippen LogP contribution in [0.1, 0.15) is 150 Å². The summed E-state index contributed by atoms with van der Waals surface area (Å²) in [5.41, 5.74) is -0.395. The molecule has 0 aliphatic heterocycles. The molecule has 1 aromatic carbocycles. The third-order valence-corrected chi connectivity index (χ3v) is 11.0. The second kappa shape index (κ2) is 15.6. The molecule has 0 N–H and O–H groups in total. The lowest BCUT2D eigenvalue weighted by Crippen LogP contribution is -2.26. The molecule has 0 radical (unpaired) electrons. The molecular weight excluding hydrogens is 505 g/mol. The first-order chi connectivity index (χ1) is 19.4. The smallest absolute Gasteiger partial charge is 0.267 e. The van der Waals surface area contributed by atoms with Crippen LogP contribution in [0, 0.1) is 41.3 Å². The van der Waals surface area contributed by atoms with Gasteiger partial charge in [0.25, 0.3) is 6.43 Å². The number of hydrogen-bond acceptors (Lipinski definition) is 1. The molecule has 0 amide bonds. The predicted molar refractivity (Wildman–Crippen MR) is 159 cm³/mol. The highest BCUT2D eigenvalue weighted by atomic mass is 19.3. The number of allylic oxidation sites excluding steroid dienone is 1. The number of halogens is 3. The molecule has 0 spiro atoms. The zero-order valence-electron chi connectivity index (χ0n) is 25.0. The van der Waals surface area contributed by atoms with Crippen molar-refractivity contribution in [1.82, 2.24) is 0 Å². The molecule has 224 valence electrons. The summed E-state index contributed by atoms with van der Waals surface area (Å²) in [5, 5.41) is 0. The summed E-state index contributed by atoms with van der Waals surface area (Å²) in [6, 6.07) is 3.11. The van der Waals surface area contributed by atoms with Crippen molar-refractivity contribution in [2.75, 3.05) is 0 Å². The van der Waals surface area contributed by atoms with Crippen molar-refractivity contribution >= 4 is 5.78 Å². The van der Waals surface area contributed by atoms with Gasteiger partial charge in [0.15, 0.2) is 5.78 Å². The van der Waals surface area contributed by atoms with Gasteiger partial charge in [0.1, 0.15) is 5.82 Å². The van der Waals surface area contributed by atoms with Gasteiger partial charge < -0.3 is 0 Å². The summed E-state index contributed by atoms with van der Waals surface area (Å²) >= 11 is 0. The van der Waals surface area contributed by atoms with Crippen molar-refractivity contribution in [2.45, 2.75) is 135 Å². The second-order valence-electron chi connectivity index (χ2n) is 13.6. The Morgan fingerprint density at radius 3 is 1.90 bits per heavy atom. The van der Waals surface area contributed by atoms with Gasteiger partial charge in [0.2, 0.25) is 0 Å². The highest BCUT2D eigenvalue weighted by molar-refractivity contribution is 5.97.